The predicted molar refractivity (Wildman–Crippen MR) is 122 cm³/mol. The number of fused-ring (bicyclic) bond motifs is 2. The van der Waals surface area contributed by atoms with Gasteiger partial charge >= 0.3 is 0 Å². The number of H-pyrrole nitrogens is 1. The third-order valence-corrected chi connectivity index (χ3v) is 5.46. The van der Waals surface area contributed by atoms with Crippen molar-refractivity contribution in [2.24, 2.45) is 7.05 Å². The standard InChI is InChI=1S/C23H17N9/c1-32-9-5-14-2-3-15(10-21(14)32)18-11-16(12-19-22(18)26-8-7-25-19)27-20-13-24-6-4-17(20)23-28-30-31-29-23/h2-13,27H,1H3,(H,28,29,30,31). The first-order valence-corrected chi connectivity index (χ1v) is 10.0. The maximum Gasteiger partial charge on any atom is 0.206 e. The molecule has 0 fully saturated rings. The molecule has 2 N–H and O–H groups in total. The third kappa shape index (κ3) is 3.03. The van der Waals surface area contributed by atoms with Crippen LogP contribution in [0.2, 0.25) is 0 Å². The lowest BCUT2D eigenvalue weighted by molar-refractivity contribution is 0.881. The van der Waals surface area contributed by atoms with Crippen LogP contribution in [0, 0.1) is 0 Å². The van der Waals surface area contributed by atoms with E-state index in [-0.39, 0.29) is 0 Å². The molecule has 6 aromatic rings. The number of aromatic nitrogens is 8. The van der Waals surface area contributed by atoms with Crippen LogP contribution in [-0.2, 0) is 7.05 Å². The second-order valence-electron chi connectivity index (χ2n) is 7.43. The minimum absolute atomic E-state index is 0.491. The number of tetrazole rings is 1. The topological polar surface area (TPSA) is 110 Å². The maximum atomic E-state index is 4.61. The van der Waals surface area contributed by atoms with E-state index in [4.69, 9.17) is 0 Å². The molecule has 0 aliphatic rings. The van der Waals surface area contributed by atoms with Gasteiger partial charge in [0.05, 0.1) is 22.9 Å². The molecule has 0 saturated carbocycles. The van der Waals surface area contributed by atoms with Crippen molar-refractivity contribution in [3.05, 3.63) is 73.4 Å². The Hall–Kier alpha value is -4.66. The number of aromatic amines is 1. The first-order valence-electron chi connectivity index (χ1n) is 10.0. The molecule has 0 atom stereocenters. The largest absolute Gasteiger partial charge is 0.354 e. The number of anilines is 2. The number of rotatable bonds is 4. The van der Waals surface area contributed by atoms with Gasteiger partial charge in [-0.1, -0.05) is 12.1 Å². The van der Waals surface area contributed by atoms with Gasteiger partial charge in [-0.2, -0.15) is 5.21 Å². The fraction of sp³-hybridized carbons (Fsp3) is 0.0435. The van der Waals surface area contributed by atoms with Crippen LogP contribution >= 0.6 is 0 Å². The van der Waals surface area contributed by atoms with Gasteiger partial charge in [0.1, 0.15) is 0 Å². The van der Waals surface area contributed by atoms with Gasteiger partial charge in [-0.05, 0) is 46.5 Å². The van der Waals surface area contributed by atoms with Crippen molar-refractivity contribution < 1.29 is 0 Å². The summed E-state index contributed by atoms with van der Waals surface area (Å²) in [7, 11) is 2.05. The Labute approximate surface area is 182 Å². The van der Waals surface area contributed by atoms with Crippen LogP contribution in [0.3, 0.4) is 0 Å². The van der Waals surface area contributed by atoms with Gasteiger partial charge in [-0.3, -0.25) is 15.0 Å². The molecule has 0 spiro atoms. The van der Waals surface area contributed by atoms with Gasteiger partial charge in [0.25, 0.3) is 0 Å². The molecule has 0 aliphatic carbocycles. The molecular formula is C23H17N9. The number of aryl methyl sites for hydroxylation is 1. The summed E-state index contributed by atoms with van der Waals surface area (Å²) in [6, 6.07) is 14.4. The Balaban J connectivity index is 1.50. The lowest BCUT2D eigenvalue weighted by atomic mass is 10.0. The highest BCUT2D eigenvalue weighted by molar-refractivity contribution is 5.97. The lowest BCUT2D eigenvalue weighted by Crippen LogP contribution is -1.97. The fourth-order valence-electron chi connectivity index (χ4n) is 3.92. The molecule has 0 amide bonds. The zero-order valence-electron chi connectivity index (χ0n) is 17.1. The third-order valence-electron chi connectivity index (χ3n) is 5.46. The fourth-order valence-corrected chi connectivity index (χ4v) is 3.92. The van der Waals surface area contributed by atoms with Gasteiger partial charge < -0.3 is 9.88 Å². The van der Waals surface area contributed by atoms with Crippen LogP contribution < -0.4 is 5.32 Å². The van der Waals surface area contributed by atoms with Crippen LogP contribution in [0.5, 0.6) is 0 Å². The highest BCUT2D eigenvalue weighted by Gasteiger charge is 2.13. The van der Waals surface area contributed by atoms with E-state index >= 15 is 0 Å². The van der Waals surface area contributed by atoms with Crippen molar-refractivity contribution in [3.8, 4) is 22.5 Å². The van der Waals surface area contributed by atoms with Crippen molar-refractivity contribution in [3.63, 3.8) is 0 Å². The lowest BCUT2D eigenvalue weighted by Gasteiger charge is -2.13. The van der Waals surface area contributed by atoms with Gasteiger partial charge in [0.2, 0.25) is 5.82 Å². The van der Waals surface area contributed by atoms with E-state index in [2.05, 4.69) is 82.0 Å². The molecule has 4 aromatic heterocycles. The Morgan fingerprint density at radius 2 is 1.88 bits per heavy atom. The SMILES string of the molecule is Cn1ccc2ccc(-c3cc(Nc4cnccc4-c4nn[nH]n4)cc4nccnc34)cc21. The molecule has 154 valence electrons. The normalized spacial score (nSPS) is 11.3. The Morgan fingerprint density at radius 3 is 2.78 bits per heavy atom. The number of nitrogens with one attached hydrogen (secondary N) is 2. The summed E-state index contributed by atoms with van der Waals surface area (Å²) in [4.78, 5) is 13.4. The van der Waals surface area contributed by atoms with Crippen molar-refractivity contribution in [1.82, 2.24) is 40.1 Å². The molecule has 32 heavy (non-hydrogen) atoms. The van der Waals surface area contributed by atoms with Gasteiger partial charge in [0, 0.05) is 54.2 Å². The molecule has 4 heterocycles. The summed E-state index contributed by atoms with van der Waals surface area (Å²) in [5, 5.41) is 19.0. The molecule has 0 aliphatic heterocycles. The summed E-state index contributed by atoms with van der Waals surface area (Å²) in [6.07, 6.45) is 8.91. The molecule has 9 heteroatoms. The Kier molecular flexibility index (Phi) is 4.10. The second kappa shape index (κ2) is 7.24. The molecule has 0 saturated heterocycles. The highest BCUT2D eigenvalue weighted by Crippen LogP contribution is 2.34. The van der Waals surface area contributed by atoms with Crippen LogP contribution in [0.25, 0.3) is 44.5 Å². The van der Waals surface area contributed by atoms with Gasteiger partial charge in [0.15, 0.2) is 0 Å². The summed E-state index contributed by atoms with van der Waals surface area (Å²) >= 11 is 0. The average Bonchev–Trinajstić information content (AvgIpc) is 3.49. The first-order chi connectivity index (χ1) is 15.8. The van der Waals surface area contributed by atoms with Crippen molar-refractivity contribution >= 4 is 33.3 Å². The summed E-state index contributed by atoms with van der Waals surface area (Å²) in [5.41, 5.74) is 7.27. The molecular weight excluding hydrogens is 402 g/mol. The second-order valence-corrected chi connectivity index (χ2v) is 7.43. The van der Waals surface area contributed by atoms with Crippen molar-refractivity contribution in [2.75, 3.05) is 5.32 Å². The van der Waals surface area contributed by atoms with Crippen molar-refractivity contribution in [2.45, 2.75) is 0 Å². The zero-order chi connectivity index (χ0) is 21.5. The molecule has 0 radical (unpaired) electrons. The summed E-state index contributed by atoms with van der Waals surface area (Å²) in [5.74, 6) is 0.491. The van der Waals surface area contributed by atoms with E-state index < -0.39 is 0 Å². The average molecular weight is 419 g/mol. The van der Waals surface area contributed by atoms with Crippen LogP contribution in [0.4, 0.5) is 11.4 Å². The summed E-state index contributed by atoms with van der Waals surface area (Å²) < 4.78 is 2.11. The predicted octanol–water partition coefficient (Wildman–Crippen LogP) is 4.11. The van der Waals surface area contributed by atoms with E-state index in [1.165, 1.54) is 5.39 Å². The number of hydrogen-bond donors (Lipinski definition) is 2. The molecule has 0 bridgehead atoms. The molecule has 2 aromatic carbocycles. The highest BCUT2D eigenvalue weighted by atomic mass is 15.5. The Morgan fingerprint density at radius 1 is 0.938 bits per heavy atom. The molecule has 6 rings (SSSR count). The molecule has 9 nitrogen and oxygen atoms in total. The monoisotopic (exact) mass is 419 g/mol. The minimum Gasteiger partial charge on any atom is -0.354 e. The van der Waals surface area contributed by atoms with Crippen LogP contribution in [0.15, 0.2) is 73.4 Å². The number of hydrogen-bond acceptors (Lipinski definition) is 7. The minimum atomic E-state index is 0.491. The van der Waals surface area contributed by atoms with E-state index in [0.717, 1.165) is 44.6 Å². The Bertz CT molecular complexity index is 1570. The number of pyridine rings is 1. The van der Waals surface area contributed by atoms with Crippen molar-refractivity contribution in [1.29, 1.82) is 0 Å². The smallest absolute Gasteiger partial charge is 0.206 e. The van der Waals surface area contributed by atoms with E-state index in [9.17, 15) is 0 Å². The van der Waals surface area contributed by atoms with Gasteiger partial charge in [-0.15, -0.1) is 10.2 Å². The summed E-state index contributed by atoms with van der Waals surface area (Å²) in [6.45, 7) is 0. The van der Waals surface area contributed by atoms with E-state index in [1.54, 1.807) is 24.8 Å². The van der Waals surface area contributed by atoms with E-state index in [0.29, 0.717) is 5.82 Å². The zero-order valence-corrected chi connectivity index (χ0v) is 17.1. The number of benzene rings is 2. The van der Waals surface area contributed by atoms with Crippen LogP contribution in [-0.4, -0.2) is 40.1 Å². The number of nitrogens with zero attached hydrogens (tertiary/aromatic N) is 7. The maximum absolute atomic E-state index is 4.61. The van der Waals surface area contributed by atoms with E-state index in [1.807, 2.05) is 19.2 Å². The van der Waals surface area contributed by atoms with Crippen LogP contribution in [0.1, 0.15) is 0 Å². The quantitative estimate of drug-likeness (QED) is 0.442. The first kappa shape index (κ1) is 18.1. The van der Waals surface area contributed by atoms with Gasteiger partial charge in [-0.25, -0.2) is 0 Å². The molecule has 0 unspecified atom stereocenters.